The smallest absolute Gasteiger partial charge is 0.244 e. The summed E-state index contributed by atoms with van der Waals surface area (Å²) in [4.78, 5) is 12.4. The van der Waals surface area contributed by atoms with Crippen molar-refractivity contribution < 1.29 is 9.90 Å². The molecule has 1 aliphatic rings. The van der Waals surface area contributed by atoms with Crippen molar-refractivity contribution in [2.24, 2.45) is 0 Å². The number of hydrogen-bond donors (Lipinski definition) is 4. The molecule has 2 unspecified atom stereocenters. The number of carbonyl (C=O) groups excluding carboxylic acids is 1. The molecule has 25 heavy (non-hydrogen) atoms. The quantitative estimate of drug-likeness (QED) is 0.668. The van der Waals surface area contributed by atoms with Gasteiger partial charge in [0.15, 0.2) is 0 Å². The Morgan fingerprint density at radius 3 is 2.76 bits per heavy atom. The van der Waals surface area contributed by atoms with Gasteiger partial charge < -0.3 is 5.11 Å². The zero-order valence-corrected chi connectivity index (χ0v) is 15.6. The van der Waals surface area contributed by atoms with E-state index in [1.54, 1.807) is 0 Å². The maximum absolute atomic E-state index is 12.4. The summed E-state index contributed by atoms with van der Waals surface area (Å²) in [6, 6.07) is 3.35. The summed E-state index contributed by atoms with van der Waals surface area (Å²) in [5, 5.41) is 22.7. The lowest BCUT2D eigenvalue weighted by Crippen LogP contribution is -2.39. The Kier molecular flexibility index (Phi) is 5.03. The molecule has 0 aliphatic carbocycles. The van der Waals surface area contributed by atoms with Crippen LogP contribution in [0.4, 0.5) is 5.13 Å². The summed E-state index contributed by atoms with van der Waals surface area (Å²) in [5.41, 5.74) is 8.80. The van der Waals surface area contributed by atoms with Crippen molar-refractivity contribution in [3.63, 3.8) is 0 Å². The van der Waals surface area contributed by atoms with Crippen molar-refractivity contribution in [1.29, 1.82) is 0 Å². The second-order valence-corrected chi connectivity index (χ2v) is 7.67. The molecule has 1 saturated heterocycles. The molecule has 1 amide bonds. The topological polar surface area (TPSA) is 99.2 Å². The molecule has 134 valence electrons. The van der Waals surface area contributed by atoms with E-state index in [4.69, 9.17) is 0 Å². The first-order valence-corrected chi connectivity index (χ1v) is 9.12. The van der Waals surface area contributed by atoms with E-state index < -0.39 is 6.04 Å². The Morgan fingerprint density at radius 1 is 1.32 bits per heavy atom. The van der Waals surface area contributed by atoms with Gasteiger partial charge in [-0.2, -0.15) is 0 Å². The Labute approximate surface area is 150 Å². The Bertz CT molecular complexity index is 789. The zero-order chi connectivity index (χ0) is 18.1. The van der Waals surface area contributed by atoms with Crippen LogP contribution in [0.5, 0.6) is 5.75 Å². The minimum atomic E-state index is -0.405. The third-order valence-electron chi connectivity index (χ3n) is 4.49. The molecule has 2 aromatic rings. The van der Waals surface area contributed by atoms with Crippen LogP contribution in [0.15, 0.2) is 12.1 Å². The van der Waals surface area contributed by atoms with Gasteiger partial charge in [0.25, 0.3) is 0 Å². The van der Waals surface area contributed by atoms with Crippen LogP contribution in [0.2, 0.25) is 0 Å². The molecule has 0 bridgehead atoms. The van der Waals surface area contributed by atoms with Gasteiger partial charge in [0, 0.05) is 11.5 Å². The van der Waals surface area contributed by atoms with Gasteiger partial charge in [0.05, 0.1) is 6.04 Å². The van der Waals surface area contributed by atoms with E-state index in [2.05, 4.69) is 26.4 Å². The maximum atomic E-state index is 12.4. The minimum Gasteiger partial charge on any atom is -0.507 e. The van der Waals surface area contributed by atoms with Crippen molar-refractivity contribution >= 4 is 22.4 Å². The fourth-order valence-electron chi connectivity index (χ4n) is 2.75. The number of benzene rings is 1. The van der Waals surface area contributed by atoms with Gasteiger partial charge in [-0.15, -0.1) is 10.2 Å². The largest absolute Gasteiger partial charge is 0.507 e. The summed E-state index contributed by atoms with van der Waals surface area (Å²) in [6.07, 6.45) is 0.539. The van der Waals surface area contributed by atoms with E-state index in [-0.39, 0.29) is 23.6 Å². The molecule has 1 aliphatic heterocycles. The number of amides is 1. The molecular weight excluding hydrogens is 338 g/mol. The lowest BCUT2D eigenvalue weighted by atomic mass is 9.96. The van der Waals surface area contributed by atoms with Crippen LogP contribution >= 0.6 is 11.3 Å². The van der Waals surface area contributed by atoms with Crippen molar-refractivity contribution in [2.45, 2.75) is 52.1 Å². The second-order valence-electron chi connectivity index (χ2n) is 6.66. The Hall–Kier alpha value is -2.03. The number of nitrogens with one attached hydrogen (secondary N) is 3. The van der Waals surface area contributed by atoms with Gasteiger partial charge in [-0.1, -0.05) is 37.3 Å². The van der Waals surface area contributed by atoms with E-state index in [1.807, 2.05) is 39.8 Å². The summed E-state index contributed by atoms with van der Waals surface area (Å²) >= 11 is 1.39. The average molecular weight is 361 g/mol. The molecule has 1 aromatic heterocycles. The number of rotatable bonds is 4. The molecule has 0 saturated carbocycles. The number of aromatic nitrogens is 2. The molecule has 3 rings (SSSR count). The van der Waals surface area contributed by atoms with Crippen LogP contribution in [-0.2, 0) is 4.79 Å². The van der Waals surface area contributed by atoms with Gasteiger partial charge in [-0.3, -0.25) is 10.1 Å². The van der Waals surface area contributed by atoms with Crippen LogP contribution in [0.25, 0.3) is 0 Å². The van der Waals surface area contributed by atoms with Gasteiger partial charge in [0.2, 0.25) is 11.0 Å². The second kappa shape index (κ2) is 7.07. The predicted octanol–water partition coefficient (Wildman–Crippen LogP) is 2.53. The average Bonchev–Trinajstić information content (AvgIpc) is 3.22. The lowest BCUT2D eigenvalue weighted by Gasteiger charge is -2.14. The fraction of sp³-hybridized carbons (Fsp3) is 0.471. The summed E-state index contributed by atoms with van der Waals surface area (Å²) in [5.74, 6) is 0.405. The molecule has 1 aromatic carbocycles. The van der Waals surface area contributed by atoms with Crippen molar-refractivity contribution in [2.75, 3.05) is 5.32 Å². The van der Waals surface area contributed by atoms with Gasteiger partial charge in [-0.25, -0.2) is 10.9 Å². The van der Waals surface area contributed by atoms with E-state index in [9.17, 15) is 9.90 Å². The molecule has 0 spiro atoms. The standard InChI is InChI=1S/C17H23N5O2S/c1-8(2)16-21-22-17(25-16)18-15(24)13-7-12(19-20-13)11-6-5-9(3)10(4)14(11)23/h5-6,8,12-13,19-20,23H,7H2,1-4H3,(H,18,22,24). The normalized spacial score (nSPS) is 20.2. The van der Waals surface area contributed by atoms with Gasteiger partial charge in [0.1, 0.15) is 16.8 Å². The number of aryl methyl sites for hydroxylation is 1. The predicted molar refractivity (Wildman–Crippen MR) is 97.6 cm³/mol. The minimum absolute atomic E-state index is 0.129. The monoisotopic (exact) mass is 361 g/mol. The number of hydrogen-bond acceptors (Lipinski definition) is 7. The van der Waals surface area contributed by atoms with E-state index in [0.29, 0.717) is 11.6 Å². The van der Waals surface area contributed by atoms with Crippen LogP contribution < -0.4 is 16.2 Å². The number of phenolic OH excluding ortho intramolecular Hbond substituents is 1. The SMILES string of the molecule is Cc1ccc(C2CC(C(=O)Nc3nnc(C(C)C)s3)NN2)c(O)c1C. The van der Waals surface area contributed by atoms with E-state index in [1.165, 1.54) is 11.3 Å². The number of hydrazine groups is 1. The van der Waals surface area contributed by atoms with Crippen LogP contribution in [0.3, 0.4) is 0 Å². The highest BCUT2D eigenvalue weighted by molar-refractivity contribution is 7.15. The number of phenols is 1. The molecule has 4 N–H and O–H groups in total. The lowest BCUT2D eigenvalue weighted by molar-refractivity contribution is -0.117. The summed E-state index contributed by atoms with van der Waals surface area (Å²) < 4.78 is 0. The Morgan fingerprint density at radius 2 is 2.08 bits per heavy atom. The summed E-state index contributed by atoms with van der Waals surface area (Å²) in [7, 11) is 0. The van der Waals surface area contributed by atoms with Crippen molar-refractivity contribution in [3.05, 3.63) is 33.8 Å². The highest BCUT2D eigenvalue weighted by Crippen LogP contribution is 2.33. The number of nitrogens with zero attached hydrogens (tertiary/aromatic N) is 2. The van der Waals surface area contributed by atoms with Crippen molar-refractivity contribution in [3.8, 4) is 5.75 Å². The molecule has 2 heterocycles. The third kappa shape index (κ3) is 3.65. The van der Waals surface area contributed by atoms with Crippen molar-refractivity contribution in [1.82, 2.24) is 21.0 Å². The molecule has 8 heteroatoms. The highest BCUT2D eigenvalue weighted by atomic mass is 32.1. The molecule has 0 radical (unpaired) electrons. The highest BCUT2D eigenvalue weighted by Gasteiger charge is 2.32. The van der Waals surface area contributed by atoms with Crippen LogP contribution in [-0.4, -0.2) is 27.3 Å². The van der Waals surface area contributed by atoms with Crippen LogP contribution in [0, 0.1) is 13.8 Å². The third-order valence-corrected chi connectivity index (χ3v) is 5.63. The number of anilines is 1. The molecule has 1 fully saturated rings. The number of aromatic hydroxyl groups is 1. The molecular formula is C17H23N5O2S. The first kappa shape index (κ1) is 17.8. The Balaban J connectivity index is 1.66. The zero-order valence-electron chi connectivity index (χ0n) is 14.8. The van der Waals surface area contributed by atoms with Gasteiger partial charge >= 0.3 is 0 Å². The molecule has 2 atom stereocenters. The first-order valence-electron chi connectivity index (χ1n) is 8.31. The maximum Gasteiger partial charge on any atom is 0.244 e. The van der Waals surface area contributed by atoms with E-state index in [0.717, 1.165) is 21.7 Å². The fourth-order valence-corrected chi connectivity index (χ4v) is 3.49. The van der Waals surface area contributed by atoms with Crippen LogP contribution in [0.1, 0.15) is 53.9 Å². The van der Waals surface area contributed by atoms with E-state index >= 15 is 0 Å². The molecule has 7 nitrogen and oxygen atoms in total. The first-order chi connectivity index (χ1) is 11.9. The summed E-state index contributed by atoms with van der Waals surface area (Å²) in [6.45, 7) is 7.93. The number of carbonyl (C=O) groups is 1. The van der Waals surface area contributed by atoms with Gasteiger partial charge in [-0.05, 0) is 31.4 Å².